The molecule has 1 N–H and O–H groups in total. The van der Waals surface area contributed by atoms with Gasteiger partial charge in [0.25, 0.3) is 0 Å². The van der Waals surface area contributed by atoms with E-state index < -0.39 is 5.97 Å². The first-order valence-corrected chi connectivity index (χ1v) is 9.71. The third-order valence-electron chi connectivity index (χ3n) is 3.86. The van der Waals surface area contributed by atoms with Crippen molar-refractivity contribution in [3.05, 3.63) is 22.8 Å². The van der Waals surface area contributed by atoms with Crippen LogP contribution in [0.2, 0.25) is 0 Å². The molecule has 1 amide bonds. The van der Waals surface area contributed by atoms with Crippen LogP contribution in [0.3, 0.4) is 0 Å². The lowest BCUT2D eigenvalue weighted by Crippen LogP contribution is -2.33. The Morgan fingerprint density at radius 2 is 2.32 bits per heavy atom. The monoisotopic (exact) mass is 380 g/mol. The standard InChI is InChI=1S/C16H20N4O3S2/c1-9(2)8-12-18-16(25-19-12)17-11-4-6-20(13(11)21)14-10(5-7-24-14)15(22)23-3/h5,7,9,11H,4,6,8H2,1-3H3,(H,17,18,19). The fourth-order valence-corrected chi connectivity index (χ4v) is 4.27. The van der Waals surface area contributed by atoms with Gasteiger partial charge in [0.1, 0.15) is 16.9 Å². The minimum absolute atomic E-state index is 0.0618. The molecule has 0 radical (unpaired) electrons. The third kappa shape index (κ3) is 3.82. The molecule has 0 aromatic carbocycles. The average Bonchev–Trinajstić information content (AvgIpc) is 3.28. The molecule has 2 aromatic heterocycles. The van der Waals surface area contributed by atoms with E-state index in [1.807, 2.05) is 0 Å². The molecule has 0 aliphatic carbocycles. The van der Waals surface area contributed by atoms with Gasteiger partial charge in [-0.05, 0) is 23.8 Å². The molecule has 134 valence electrons. The minimum atomic E-state index is -0.428. The molecule has 25 heavy (non-hydrogen) atoms. The van der Waals surface area contributed by atoms with E-state index in [-0.39, 0.29) is 11.9 Å². The molecule has 1 fully saturated rings. The Balaban J connectivity index is 1.69. The first-order chi connectivity index (χ1) is 12.0. The summed E-state index contributed by atoms with van der Waals surface area (Å²) in [6, 6.07) is 1.33. The Kier molecular flexibility index (Phi) is 5.33. The highest BCUT2D eigenvalue weighted by Gasteiger charge is 2.35. The first-order valence-electron chi connectivity index (χ1n) is 8.06. The van der Waals surface area contributed by atoms with E-state index in [0.29, 0.717) is 34.6 Å². The van der Waals surface area contributed by atoms with Crippen LogP contribution in [0.1, 0.15) is 36.5 Å². The second-order valence-electron chi connectivity index (χ2n) is 6.22. The summed E-state index contributed by atoms with van der Waals surface area (Å²) in [5, 5.41) is 6.27. The lowest BCUT2D eigenvalue weighted by Gasteiger charge is -2.16. The average molecular weight is 380 g/mol. The number of esters is 1. The van der Waals surface area contributed by atoms with Gasteiger partial charge in [0, 0.05) is 24.5 Å². The van der Waals surface area contributed by atoms with Crippen LogP contribution in [0.4, 0.5) is 10.1 Å². The van der Waals surface area contributed by atoms with Crippen molar-refractivity contribution in [1.29, 1.82) is 0 Å². The molecule has 3 heterocycles. The smallest absolute Gasteiger partial charge is 0.340 e. The topological polar surface area (TPSA) is 84.4 Å². The Hall–Kier alpha value is -2.00. The van der Waals surface area contributed by atoms with Gasteiger partial charge in [-0.3, -0.25) is 4.79 Å². The summed E-state index contributed by atoms with van der Waals surface area (Å²) >= 11 is 2.64. The van der Waals surface area contributed by atoms with Gasteiger partial charge in [-0.1, -0.05) is 13.8 Å². The molecule has 9 heteroatoms. The number of methoxy groups -OCH3 is 1. The first kappa shape index (κ1) is 17.8. The van der Waals surface area contributed by atoms with E-state index in [1.165, 1.54) is 30.0 Å². The number of nitrogens with zero attached hydrogens (tertiary/aromatic N) is 3. The van der Waals surface area contributed by atoms with Crippen LogP contribution in [0.15, 0.2) is 11.4 Å². The summed E-state index contributed by atoms with van der Waals surface area (Å²) in [6.07, 6.45) is 1.47. The maximum absolute atomic E-state index is 12.7. The van der Waals surface area contributed by atoms with Crippen LogP contribution < -0.4 is 10.2 Å². The Morgan fingerprint density at radius 1 is 1.52 bits per heavy atom. The van der Waals surface area contributed by atoms with Crippen molar-refractivity contribution >= 4 is 44.9 Å². The molecular weight excluding hydrogens is 360 g/mol. The zero-order chi connectivity index (χ0) is 18.0. The number of carbonyl (C=O) groups is 2. The molecule has 1 unspecified atom stereocenters. The second kappa shape index (κ2) is 7.49. The number of rotatable bonds is 6. The maximum Gasteiger partial charge on any atom is 0.340 e. The van der Waals surface area contributed by atoms with Gasteiger partial charge < -0.3 is 15.0 Å². The van der Waals surface area contributed by atoms with Crippen molar-refractivity contribution in [2.75, 3.05) is 23.9 Å². The van der Waals surface area contributed by atoms with E-state index >= 15 is 0 Å². The number of aromatic nitrogens is 2. The molecule has 1 aliphatic rings. The fraction of sp³-hybridized carbons (Fsp3) is 0.500. The van der Waals surface area contributed by atoms with Gasteiger partial charge in [0.15, 0.2) is 0 Å². The van der Waals surface area contributed by atoms with Crippen LogP contribution in [0.25, 0.3) is 0 Å². The summed E-state index contributed by atoms with van der Waals surface area (Å²) < 4.78 is 9.11. The molecule has 0 spiro atoms. The lowest BCUT2D eigenvalue weighted by molar-refractivity contribution is -0.117. The maximum atomic E-state index is 12.7. The molecule has 1 saturated heterocycles. The number of hydrogen-bond donors (Lipinski definition) is 1. The van der Waals surface area contributed by atoms with Crippen LogP contribution in [0, 0.1) is 5.92 Å². The van der Waals surface area contributed by atoms with Gasteiger partial charge in [0.05, 0.1) is 12.7 Å². The van der Waals surface area contributed by atoms with Crippen LogP contribution in [-0.4, -0.2) is 40.9 Å². The third-order valence-corrected chi connectivity index (χ3v) is 5.48. The zero-order valence-corrected chi connectivity index (χ0v) is 15.9. The lowest BCUT2D eigenvalue weighted by atomic mass is 10.1. The highest BCUT2D eigenvalue weighted by atomic mass is 32.1. The van der Waals surface area contributed by atoms with Crippen molar-refractivity contribution in [2.24, 2.45) is 5.92 Å². The van der Waals surface area contributed by atoms with E-state index in [1.54, 1.807) is 16.3 Å². The number of ether oxygens (including phenoxy) is 1. The van der Waals surface area contributed by atoms with Crippen molar-refractivity contribution in [3.8, 4) is 0 Å². The molecule has 0 bridgehead atoms. The predicted molar refractivity (Wildman–Crippen MR) is 98.5 cm³/mol. The molecule has 0 saturated carbocycles. The Morgan fingerprint density at radius 3 is 3.04 bits per heavy atom. The Bertz CT molecular complexity index is 771. The van der Waals surface area contributed by atoms with Crippen LogP contribution in [0.5, 0.6) is 0 Å². The van der Waals surface area contributed by atoms with Crippen LogP contribution in [-0.2, 0) is 16.0 Å². The zero-order valence-electron chi connectivity index (χ0n) is 14.3. The van der Waals surface area contributed by atoms with Gasteiger partial charge in [-0.2, -0.15) is 4.37 Å². The van der Waals surface area contributed by atoms with Crippen molar-refractivity contribution in [2.45, 2.75) is 32.7 Å². The van der Waals surface area contributed by atoms with Gasteiger partial charge in [-0.15, -0.1) is 11.3 Å². The van der Waals surface area contributed by atoms with E-state index in [2.05, 4.69) is 28.5 Å². The molecule has 2 aromatic rings. The molecule has 7 nitrogen and oxygen atoms in total. The molecular formula is C16H20N4O3S2. The number of anilines is 2. The van der Waals surface area contributed by atoms with Crippen molar-refractivity contribution < 1.29 is 14.3 Å². The minimum Gasteiger partial charge on any atom is -0.465 e. The summed E-state index contributed by atoms with van der Waals surface area (Å²) in [7, 11) is 1.34. The van der Waals surface area contributed by atoms with E-state index in [9.17, 15) is 9.59 Å². The van der Waals surface area contributed by atoms with Gasteiger partial charge in [-0.25, -0.2) is 9.78 Å². The number of nitrogens with one attached hydrogen (secondary N) is 1. The molecule has 3 rings (SSSR count). The number of thiophene rings is 1. The summed E-state index contributed by atoms with van der Waals surface area (Å²) in [6.45, 7) is 4.79. The SMILES string of the molecule is COC(=O)c1ccsc1N1CCC(Nc2nc(CC(C)C)ns2)C1=O. The normalized spacial score (nSPS) is 17.4. The summed E-state index contributed by atoms with van der Waals surface area (Å²) in [5.74, 6) is 0.800. The second-order valence-corrected chi connectivity index (χ2v) is 7.87. The highest BCUT2D eigenvalue weighted by molar-refractivity contribution is 7.14. The number of amides is 1. The summed E-state index contributed by atoms with van der Waals surface area (Å²) in [5.41, 5.74) is 0.427. The summed E-state index contributed by atoms with van der Waals surface area (Å²) in [4.78, 5) is 30.7. The quantitative estimate of drug-likeness (QED) is 0.776. The fourth-order valence-electron chi connectivity index (χ4n) is 2.70. The number of hydrogen-bond acceptors (Lipinski definition) is 8. The highest BCUT2D eigenvalue weighted by Crippen LogP contribution is 2.32. The Labute approximate surface area is 154 Å². The molecule has 1 aliphatic heterocycles. The predicted octanol–water partition coefficient (Wildman–Crippen LogP) is 2.80. The number of carbonyl (C=O) groups excluding carboxylic acids is 2. The van der Waals surface area contributed by atoms with E-state index in [4.69, 9.17) is 4.74 Å². The van der Waals surface area contributed by atoms with Gasteiger partial charge in [0.2, 0.25) is 11.0 Å². The van der Waals surface area contributed by atoms with Crippen molar-refractivity contribution in [3.63, 3.8) is 0 Å². The van der Waals surface area contributed by atoms with E-state index in [0.717, 1.165) is 12.2 Å². The molecule has 1 atom stereocenters. The largest absolute Gasteiger partial charge is 0.465 e. The van der Waals surface area contributed by atoms with Gasteiger partial charge >= 0.3 is 5.97 Å². The van der Waals surface area contributed by atoms with Crippen molar-refractivity contribution in [1.82, 2.24) is 9.36 Å². The van der Waals surface area contributed by atoms with Crippen LogP contribution >= 0.6 is 22.9 Å².